The number of primary amides is 1. The zero-order chi connectivity index (χ0) is 15.7. The molecule has 2 heterocycles. The molecule has 3 N–H and O–H groups in total. The molecule has 1 fully saturated rings. The Balaban J connectivity index is 1.74. The normalized spacial score (nSPS) is 22.1. The van der Waals surface area contributed by atoms with Gasteiger partial charge in [-0.15, -0.1) is 11.3 Å². The number of thiazole rings is 1. The Morgan fingerprint density at radius 2 is 2.18 bits per heavy atom. The van der Waals surface area contributed by atoms with Crippen LogP contribution in [0.5, 0.6) is 0 Å². The zero-order valence-corrected chi connectivity index (χ0v) is 13.2. The van der Waals surface area contributed by atoms with Crippen LogP contribution in [0.4, 0.5) is 0 Å². The van der Waals surface area contributed by atoms with Crippen LogP contribution in [0, 0.1) is 6.92 Å². The van der Waals surface area contributed by atoms with Crippen LogP contribution < -0.4 is 5.73 Å². The molecule has 1 amide bonds. The van der Waals surface area contributed by atoms with E-state index < -0.39 is 6.10 Å². The summed E-state index contributed by atoms with van der Waals surface area (Å²) in [6, 6.07) is 7.87. The Kier molecular flexibility index (Phi) is 4.24. The molecule has 2 atom stereocenters. The van der Waals surface area contributed by atoms with Crippen molar-refractivity contribution in [1.82, 2.24) is 9.88 Å². The average Bonchev–Trinajstić information content (AvgIpc) is 3.06. The molecule has 2 unspecified atom stereocenters. The van der Waals surface area contributed by atoms with Crippen LogP contribution in [-0.2, 0) is 11.3 Å². The lowest BCUT2D eigenvalue weighted by molar-refractivity contribution is -0.122. The number of β-amino-alcohol motifs (C(OH)–C–C–N with tert-alkyl or cyclic N) is 1. The molecule has 6 heteroatoms. The molecule has 0 radical (unpaired) electrons. The van der Waals surface area contributed by atoms with Crippen LogP contribution in [-0.4, -0.2) is 39.6 Å². The summed E-state index contributed by atoms with van der Waals surface area (Å²) in [6.07, 6.45) is -0.0513. The maximum atomic E-state index is 11.5. The van der Waals surface area contributed by atoms with E-state index in [9.17, 15) is 9.90 Å². The van der Waals surface area contributed by atoms with E-state index in [4.69, 9.17) is 5.73 Å². The van der Waals surface area contributed by atoms with Crippen molar-refractivity contribution < 1.29 is 9.90 Å². The molecule has 1 aliphatic heterocycles. The number of aliphatic hydroxyl groups excluding tert-OH is 1. The van der Waals surface area contributed by atoms with E-state index in [2.05, 4.69) is 29.2 Å². The standard InChI is InChI=1S/C16H19N3O2S/c1-10-15(22-9-18-10)12-4-2-11(3-5-12)7-19-8-13(20)6-14(19)16(17)21/h2-5,9,13-14,20H,6-8H2,1H3,(H2,17,21). The van der Waals surface area contributed by atoms with Crippen LogP contribution in [0.1, 0.15) is 17.7 Å². The third kappa shape index (κ3) is 3.04. The van der Waals surface area contributed by atoms with Crippen molar-refractivity contribution in [1.29, 1.82) is 0 Å². The molecular formula is C16H19N3O2S. The van der Waals surface area contributed by atoms with Crippen molar-refractivity contribution in [2.24, 2.45) is 5.73 Å². The van der Waals surface area contributed by atoms with E-state index in [-0.39, 0.29) is 11.9 Å². The number of aryl methyl sites for hydroxylation is 1. The Morgan fingerprint density at radius 3 is 2.77 bits per heavy atom. The highest BCUT2D eigenvalue weighted by Crippen LogP contribution is 2.28. The van der Waals surface area contributed by atoms with Crippen LogP contribution in [0.25, 0.3) is 10.4 Å². The fourth-order valence-electron chi connectivity index (χ4n) is 2.93. The van der Waals surface area contributed by atoms with Gasteiger partial charge in [-0.1, -0.05) is 24.3 Å². The predicted molar refractivity (Wildman–Crippen MR) is 86.3 cm³/mol. The van der Waals surface area contributed by atoms with Gasteiger partial charge in [-0.25, -0.2) is 4.98 Å². The van der Waals surface area contributed by atoms with Crippen LogP contribution in [0.2, 0.25) is 0 Å². The molecule has 0 aliphatic carbocycles. The quantitative estimate of drug-likeness (QED) is 0.896. The number of carbonyl (C=O) groups excluding carboxylic acids is 1. The smallest absolute Gasteiger partial charge is 0.234 e. The first-order valence-corrected chi connectivity index (χ1v) is 8.13. The summed E-state index contributed by atoms with van der Waals surface area (Å²) in [5.74, 6) is -0.367. The number of hydrogen-bond acceptors (Lipinski definition) is 5. The minimum absolute atomic E-state index is 0.367. The van der Waals surface area contributed by atoms with Crippen molar-refractivity contribution in [2.45, 2.75) is 32.0 Å². The lowest BCUT2D eigenvalue weighted by Gasteiger charge is -2.21. The number of aromatic nitrogens is 1. The van der Waals surface area contributed by atoms with E-state index in [1.807, 2.05) is 17.3 Å². The molecule has 1 aliphatic rings. The van der Waals surface area contributed by atoms with Crippen molar-refractivity contribution in [3.63, 3.8) is 0 Å². The Morgan fingerprint density at radius 1 is 1.45 bits per heavy atom. The van der Waals surface area contributed by atoms with Crippen LogP contribution in [0.15, 0.2) is 29.8 Å². The number of likely N-dealkylation sites (tertiary alicyclic amines) is 1. The average molecular weight is 317 g/mol. The molecule has 5 nitrogen and oxygen atoms in total. The van der Waals surface area contributed by atoms with Crippen LogP contribution >= 0.6 is 11.3 Å². The van der Waals surface area contributed by atoms with E-state index >= 15 is 0 Å². The summed E-state index contributed by atoms with van der Waals surface area (Å²) >= 11 is 1.63. The fourth-order valence-corrected chi connectivity index (χ4v) is 3.74. The largest absolute Gasteiger partial charge is 0.392 e. The van der Waals surface area contributed by atoms with Gasteiger partial charge >= 0.3 is 0 Å². The first-order chi connectivity index (χ1) is 10.5. The number of aliphatic hydroxyl groups is 1. The monoisotopic (exact) mass is 317 g/mol. The van der Waals surface area contributed by atoms with Crippen LogP contribution in [0.3, 0.4) is 0 Å². The lowest BCUT2D eigenvalue weighted by Crippen LogP contribution is -2.39. The van der Waals surface area contributed by atoms with Gasteiger partial charge in [0, 0.05) is 13.1 Å². The van der Waals surface area contributed by atoms with Gasteiger partial charge in [0.05, 0.1) is 28.2 Å². The highest BCUT2D eigenvalue weighted by atomic mass is 32.1. The first kappa shape index (κ1) is 15.1. The number of hydrogen-bond donors (Lipinski definition) is 2. The SMILES string of the molecule is Cc1ncsc1-c1ccc(CN2CC(O)CC2C(N)=O)cc1. The van der Waals surface area contributed by atoms with Crippen molar-refractivity contribution in [3.8, 4) is 10.4 Å². The highest BCUT2D eigenvalue weighted by molar-refractivity contribution is 7.13. The van der Waals surface area contributed by atoms with Gasteiger partial charge in [0.15, 0.2) is 0 Å². The lowest BCUT2D eigenvalue weighted by atomic mass is 10.1. The summed E-state index contributed by atoms with van der Waals surface area (Å²) in [5.41, 5.74) is 10.5. The minimum atomic E-state index is -0.475. The van der Waals surface area contributed by atoms with Crippen molar-refractivity contribution in [3.05, 3.63) is 41.0 Å². The number of benzene rings is 1. The zero-order valence-electron chi connectivity index (χ0n) is 12.4. The second-order valence-corrected chi connectivity index (χ2v) is 6.56. The van der Waals surface area contributed by atoms with Crippen molar-refractivity contribution in [2.75, 3.05) is 6.54 Å². The molecule has 22 heavy (non-hydrogen) atoms. The summed E-state index contributed by atoms with van der Waals surface area (Å²) in [4.78, 5) is 18.8. The first-order valence-electron chi connectivity index (χ1n) is 7.25. The number of carbonyl (C=O) groups is 1. The Hall–Kier alpha value is -1.76. The highest BCUT2D eigenvalue weighted by Gasteiger charge is 2.34. The number of amides is 1. The van der Waals surface area contributed by atoms with Gasteiger partial charge in [0.25, 0.3) is 0 Å². The maximum Gasteiger partial charge on any atom is 0.234 e. The summed E-state index contributed by atoms with van der Waals surface area (Å²) in [6.45, 7) is 3.11. The third-order valence-corrected chi connectivity index (χ3v) is 5.03. The van der Waals surface area contributed by atoms with Gasteiger partial charge < -0.3 is 10.8 Å². The minimum Gasteiger partial charge on any atom is -0.392 e. The Bertz CT molecular complexity index is 668. The predicted octanol–water partition coefficient (Wildman–Crippen LogP) is 1.54. The molecule has 2 aromatic rings. The molecule has 1 saturated heterocycles. The second kappa shape index (κ2) is 6.16. The molecule has 1 aromatic carbocycles. The second-order valence-electron chi connectivity index (χ2n) is 5.70. The number of rotatable bonds is 4. The maximum absolute atomic E-state index is 11.5. The molecule has 0 saturated carbocycles. The molecule has 0 spiro atoms. The summed E-state index contributed by atoms with van der Waals surface area (Å²) < 4.78 is 0. The topological polar surface area (TPSA) is 79.4 Å². The third-order valence-electron chi connectivity index (χ3n) is 4.06. The van der Waals surface area contributed by atoms with Gasteiger partial charge in [0.1, 0.15) is 0 Å². The number of nitrogens with zero attached hydrogens (tertiary/aromatic N) is 2. The van der Waals surface area contributed by atoms with Gasteiger partial charge in [-0.2, -0.15) is 0 Å². The van der Waals surface area contributed by atoms with Crippen molar-refractivity contribution >= 4 is 17.2 Å². The molecule has 0 bridgehead atoms. The molecule has 116 valence electrons. The van der Waals surface area contributed by atoms with Gasteiger partial charge in [-0.05, 0) is 24.5 Å². The van der Waals surface area contributed by atoms with Gasteiger partial charge in [-0.3, -0.25) is 9.69 Å². The fraction of sp³-hybridized carbons (Fsp3) is 0.375. The summed E-state index contributed by atoms with van der Waals surface area (Å²) in [7, 11) is 0. The number of nitrogens with two attached hydrogens (primary N) is 1. The molecule has 1 aromatic heterocycles. The van der Waals surface area contributed by atoms with E-state index in [1.54, 1.807) is 11.3 Å². The van der Waals surface area contributed by atoms with E-state index in [0.29, 0.717) is 19.5 Å². The van der Waals surface area contributed by atoms with E-state index in [1.165, 1.54) is 4.88 Å². The van der Waals surface area contributed by atoms with Gasteiger partial charge in [0.2, 0.25) is 5.91 Å². The molecular weight excluding hydrogens is 298 g/mol. The summed E-state index contributed by atoms with van der Waals surface area (Å²) in [5, 5.41) is 9.74. The molecule has 3 rings (SSSR count). The van der Waals surface area contributed by atoms with E-state index in [0.717, 1.165) is 16.8 Å². The Labute approximate surface area is 133 Å².